The van der Waals surface area contributed by atoms with Crippen molar-refractivity contribution in [3.05, 3.63) is 35.9 Å². The van der Waals surface area contributed by atoms with E-state index in [1.54, 1.807) is 20.3 Å². The Balaban J connectivity index is 2.92. The lowest BCUT2D eigenvalue weighted by atomic mass is 10.00. The number of aliphatic hydroxyl groups excluding tert-OH is 1. The van der Waals surface area contributed by atoms with E-state index in [1.807, 2.05) is 19.1 Å². The van der Waals surface area contributed by atoms with Gasteiger partial charge in [-0.05, 0) is 25.0 Å². The van der Waals surface area contributed by atoms with Gasteiger partial charge < -0.3 is 14.6 Å². The molecule has 0 aromatic heterocycles. The lowest BCUT2D eigenvalue weighted by Crippen LogP contribution is -2.02. The second-order valence-electron chi connectivity index (χ2n) is 3.93. The van der Waals surface area contributed by atoms with Crippen LogP contribution in [0.3, 0.4) is 0 Å². The van der Waals surface area contributed by atoms with Crippen molar-refractivity contribution in [2.24, 2.45) is 0 Å². The summed E-state index contributed by atoms with van der Waals surface area (Å²) in [6.45, 7) is 5.93. The van der Waals surface area contributed by atoms with Crippen molar-refractivity contribution in [1.82, 2.24) is 0 Å². The molecule has 0 saturated carbocycles. The zero-order chi connectivity index (χ0) is 12.8. The average molecular weight is 236 g/mol. The van der Waals surface area contributed by atoms with Crippen LogP contribution in [0.25, 0.3) is 0 Å². The highest BCUT2D eigenvalue weighted by atomic mass is 16.5. The van der Waals surface area contributed by atoms with Crippen molar-refractivity contribution in [3.63, 3.8) is 0 Å². The van der Waals surface area contributed by atoms with Crippen molar-refractivity contribution < 1.29 is 14.6 Å². The van der Waals surface area contributed by atoms with Crippen LogP contribution in [0, 0.1) is 0 Å². The first kappa shape index (κ1) is 13.6. The molecule has 0 fully saturated rings. The quantitative estimate of drug-likeness (QED) is 0.771. The molecular formula is C14H20O3. The van der Waals surface area contributed by atoms with E-state index < -0.39 is 6.10 Å². The Hall–Kier alpha value is -1.48. The van der Waals surface area contributed by atoms with E-state index in [9.17, 15) is 5.11 Å². The van der Waals surface area contributed by atoms with Gasteiger partial charge in [-0.3, -0.25) is 0 Å². The SMILES string of the molecule is C=C(CC)CC(O)c1ccc(OC)cc1OC. The third-order valence-electron chi connectivity index (χ3n) is 2.78. The third-order valence-corrected chi connectivity index (χ3v) is 2.78. The summed E-state index contributed by atoms with van der Waals surface area (Å²) < 4.78 is 10.4. The monoisotopic (exact) mass is 236 g/mol. The Morgan fingerprint density at radius 3 is 2.59 bits per heavy atom. The number of ether oxygens (including phenoxy) is 2. The van der Waals surface area contributed by atoms with E-state index in [0.29, 0.717) is 17.9 Å². The van der Waals surface area contributed by atoms with Crippen molar-refractivity contribution >= 4 is 0 Å². The molecule has 1 rings (SSSR count). The Morgan fingerprint density at radius 2 is 2.06 bits per heavy atom. The molecule has 1 aromatic rings. The van der Waals surface area contributed by atoms with Gasteiger partial charge in [0, 0.05) is 11.6 Å². The van der Waals surface area contributed by atoms with Gasteiger partial charge in [0.1, 0.15) is 11.5 Å². The molecule has 0 heterocycles. The van der Waals surface area contributed by atoms with Gasteiger partial charge in [-0.1, -0.05) is 19.1 Å². The van der Waals surface area contributed by atoms with Gasteiger partial charge in [-0.15, -0.1) is 0 Å². The summed E-state index contributed by atoms with van der Waals surface area (Å²) in [7, 11) is 3.18. The van der Waals surface area contributed by atoms with Crippen LogP contribution in [0.15, 0.2) is 30.4 Å². The minimum absolute atomic E-state index is 0.555. The number of hydrogen-bond acceptors (Lipinski definition) is 3. The van der Waals surface area contributed by atoms with E-state index in [0.717, 1.165) is 17.6 Å². The van der Waals surface area contributed by atoms with Crippen molar-refractivity contribution in [1.29, 1.82) is 0 Å². The second-order valence-corrected chi connectivity index (χ2v) is 3.93. The molecule has 94 valence electrons. The summed E-state index contributed by atoms with van der Waals surface area (Å²) in [6, 6.07) is 5.41. The summed E-state index contributed by atoms with van der Waals surface area (Å²) in [5.74, 6) is 1.35. The van der Waals surface area contributed by atoms with E-state index in [1.165, 1.54) is 0 Å². The summed E-state index contributed by atoms with van der Waals surface area (Å²) in [5.41, 5.74) is 1.79. The number of benzene rings is 1. The van der Waals surface area contributed by atoms with Gasteiger partial charge >= 0.3 is 0 Å². The fourth-order valence-corrected chi connectivity index (χ4v) is 1.62. The standard InChI is InChI=1S/C14H20O3/c1-5-10(2)8-13(15)12-7-6-11(16-3)9-14(12)17-4/h6-7,9,13,15H,2,5,8H2,1,3-4H3. The predicted octanol–water partition coefficient (Wildman–Crippen LogP) is 3.09. The Kier molecular flexibility index (Phi) is 5.04. The van der Waals surface area contributed by atoms with Crippen LogP contribution < -0.4 is 9.47 Å². The highest BCUT2D eigenvalue weighted by Gasteiger charge is 2.14. The van der Waals surface area contributed by atoms with Crippen LogP contribution in [-0.2, 0) is 0 Å². The molecular weight excluding hydrogens is 216 g/mol. The summed E-state index contributed by atoms with van der Waals surface area (Å²) in [4.78, 5) is 0. The number of aliphatic hydroxyl groups is 1. The maximum absolute atomic E-state index is 10.1. The summed E-state index contributed by atoms with van der Waals surface area (Å²) >= 11 is 0. The maximum Gasteiger partial charge on any atom is 0.128 e. The molecule has 3 heteroatoms. The summed E-state index contributed by atoms with van der Waals surface area (Å²) in [5, 5.41) is 10.1. The first-order valence-electron chi connectivity index (χ1n) is 5.69. The molecule has 1 aromatic carbocycles. The van der Waals surface area contributed by atoms with E-state index in [4.69, 9.17) is 9.47 Å². The van der Waals surface area contributed by atoms with E-state index in [2.05, 4.69) is 6.58 Å². The molecule has 0 spiro atoms. The Morgan fingerprint density at radius 1 is 1.35 bits per heavy atom. The van der Waals surface area contributed by atoms with Crippen LogP contribution in [0.4, 0.5) is 0 Å². The fraction of sp³-hybridized carbons (Fsp3) is 0.429. The van der Waals surface area contributed by atoms with Crippen molar-refractivity contribution in [2.45, 2.75) is 25.9 Å². The van der Waals surface area contributed by atoms with Gasteiger partial charge in [-0.2, -0.15) is 0 Å². The molecule has 0 bridgehead atoms. The molecule has 3 nitrogen and oxygen atoms in total. The normalized spacial score (nSPS) is 12.0. The maximum atomic E-state index is 10.1. The molecule has 0 radical (unpaired) electrons. The lowest BCUT2D eigenvalue weighted by Gasteiger charge is -2.16. The topological polar surface area (TPSA) is 38.7 Å². The molecule has 0 amide bonds. The highest BCUT2D eigenvalue weighted by Crippen LogP contribution is 2.32. The molecule has 0 aliphatic rings. The van der Waals surface area contributed by atoms with Gasteiger partial charge in [0.05, 0.1) is 20.3 Å². The first-order chi connectivity index (χ1) is 8.12. The van der Waals surface area contributed by atoms with Gasteiger partial charge in [0.25, 0.3) is 0 Å². The van der Waals surface area contributed by atoms with Crippen LogP contribution in [0.1, 0.15) is 31.4 Å². The van der Waals surface area contributed by atoms with Crippen LogP contribution in [0.2, 0.25) is 0 Å². The van der Waals surface area contributed by atoms with Crippen LogP contribution in [-0.4, -0.2) is 19.3 Å². The first-order valence-corrected chi connectivity index (χ1v) is 5.69. The molecule has 1 unspecified atom stereocenters. The van der Waals surface area contributed by atoms with E-state index in [-0.39, 0.29) is 0 Å². The zero-order valence-corrected chi connectivity index (χ0v) is 10.7. The van der Waals surface area contributed by atoms with Crippen molar-refractivity contribution in [3.8, 4) is 11.5 Å². The van der Waals surface area contributed by atoms with Gasteiger partial charge in [0.15, 0.2) is 0 Å². The average Bonchev–Trinajstić information content (AvgIpc) is 2.37. The van der Waals surface area contributed by atoms with Crippen molar-refractivity contribution in [2.75, 3.05) is 14.2 Å². The number of hydrogen-bond donors (Lipinski definition) is 1. The van der Waals surface area contributed by atoms with E-state index >= 15 is 0 Å². The zero-order valence-electron chi connectivity index (χ0n) is 10.7. The smallest absolute Gasteiger partial charge is 0.128 e. The lowest BCUT2D eigenvalue weighted by molar-refractivity contribution is 0.173. The predicted molar refractivity (Wildman–Crippen MR) is 68.6 cm³/mol. The Bertz CT molecular complexity index is 385. The molecule has 1 N–H and O–H groups in total. The van der Waals surface area contributed by atoms with Gasteiger partial charge in [-0.25, -0.2) is 0 Å². The van der Waals surface area contributed by atoms with Crippen LogP contribution in [0.5, 0.6) is 11.5 Å². The number of rotatable bonds is 6. The number of methoxy groups -OCH3 is 2. The molecule has 17 heavy (non-hydrogen) atoms. The highest BCUT2D eigenvalue weighted by molar-refractivity contribution is 5.42. The Labute approximate surface area is 103 Å². The second kappa shape index (κ2) is 6.30. The minimum Gasteiger partial charge on any atom is -0.497 e. The third kappa shape index (κ3) is 3.49. The van der Waals surface area contributed by atoms with Crippen LogP contribution >= 0.6 is 0 Å². The minimum atomic E-state index is -0.580. The molecule has 0 aliphatic carbocycles. The molecule has 0 aliphatic heterocycles. The van der Waals surface area contributed by atoms with Gasteiger partial charge in [0.2, 0.25) is 0 Å². The largest absolute Gasteiger partial charge is 0.497 e. The summed E-state index contributed by atoms with van der Waals surface area (Å²) in [6.07, 6.45) is 0.845. The fourth-order valence-electron chi connectivity index (χ4n) is 1.62. The molecule has 0 saturated heterocycles. The molecule has 1 atom stereocenters.